The van der Waals surface area contributed by atoms with Gasteiger partial charge in [-0.1, -0.05) is 11.2 Å². The van der Waals surface area contributed by atoms with Crippen LogP contribution in [0.2, 0.25) is 0 Å². The average Bonchev–Trinajstić information content (AvgIpc) is 3.36. The third-order valence-electron chi connectivity index (χ3n) is 6.51. The number of nitrogens with zero attached hydrogens (tertiary/aromatic N) is 3. The molecule has 1 amide bonds. The van der Waals surface area contributed by atoms with Gasteiger partial charge in [0, 0.05) is 38.3 Å². The molecule has 2 saturated heterocycles. The monoisotopic (exact) mass is 489 g/mol. The SMILES string of the molecule is COc1cc(/C=C/C(=O)N2CCN([C@H]3CCS(=O)(=O)C3)CC2)ccc1OCc1c(C)noc1C. The quantitative estimate of drug-likeness (QED) is 0.546. The molecule has 2 aromatic rings. The zero-order valence-electron chi connectivity index (χ0n) is 19.8. The predicted molar refractivity (Wildman–Crippen MR) is 128 cm³/mol. The van der Waals surface area contributed by atoms with Gasteiger partial charge in [-0.15, -0.1) is 0 Å². The molecule has 184 valence electrons. The number of methoxy groups -OCH3 is 1. The van der Waals surface area contributed by atoms with Crippen molar-refractivity contribution in [2.75, 3.05) is 44.8 Å². The van der Waals surface area contributed by atoms with Crippen molar-refractivity contribution < 1.29 is 27.2 Å². The van der Waals surface area contributed by atoms with Crippen LogP contribution in [-0.2, 0) is 21.2 Å². The van der Waals surface area contributed by atoms with Crippen LogP contribution >= 0.6 is 0 Å². The molecule has 0 spiro atoms. The molecule has 0 N–H and O–H groups in total. The van der Waals surface area contributed by atoms with Crippen molar-refractivity contribution in [2.24, 2.45) is 0 Å². The minimum absolute atomic E-state index is 0.0589. The van der Waals surface area contributed by atoms with E-state index in [4.69, 9.17) is 14.0 Å². The number of piperazine rings is 1. The van der Waals surface area contributed by atoms with E-state index in [0.717, 1.165) is 22.6 Å². The summed E-state index contributed by atoms with van der Waals surface area (Å²) in [4.78, 5) is 16.7. The van der Waals surface area contributed by atoms with Gasteiger partial charge in [0.2, 0.25) is 5.91 Å². The number of hydrogen-bond acceptors (Lipinski definition) is 8. The van der Waals surface area contributed by atoms with Crippen LogP contribution in [0.4, 0.5) is 0 Å². The van der Waals surface area contributed by atoms with Gasteiger partial charge in [-0.05, 0) is 44.0 Å². The van der Waals surface area contributed by atoms with Gasteiger partial charge in [0.15, 0.2) is 21.3 Å². The number of aryl methyl sites for hydroxylation is 2. The highest BCUT2D eigenvalue weighted by Gasteiger charge is 2.34. The predicted octanol–water partition coefficient (Wildman–Crippen LogP) is 2.22. The molecule has 1 atom stereocenters. The molecule has 1 aromatic carbocycles. The van der Waals surface area contributed by atoms with Crippen molar-refractivity contribution in [3.63, 3.8) is 0 Å². The van der Waals surface area contributed by atoms with Crippen LogP contribution in [0.1, 0.15) is 29.0 Å². The summed E-state index contributed by atoms with van der Waals surface area (Å²) in [5.74, 6) is 2.34. The molecular formula is C24H31N3O6S. The molecule has 0 aliphatic carbocycles. The van der Waals surface area contributed by atoms with Crippen LogP contribution in [0.5, 0.6) is 11.5 Å². The fourth-order valence-corrected chi connectivity index (χ4v) is 6.17. The van der Waals surface area contributed by atoms with E-state index in [2.05, 4.69) is 10.1 Å². The van der Waals surface area contributed by atoms with Crippen LogP contribution in [0.25, 0.3) is 6.08 Å². The number of carbonyl (C=O) groups excluding carboxylic acids is 1. The highest BCUT2D eigenvalue weighted by molar-refractivity contribution is 7.91. The Morgan fingerprint density at radius 1 is 1.21 bits per heavy atom. The minimum Gasteiger partial charge on any atom is -0.493 e. The molecular weight excluding hydrogens is 458 g/mol. The van der Waals surface area contributed by atoms with Gasteiger partial charge in [0.1, 0.15) is 12.4 Å². The molecule has 0 radical (unpaired) electrons. The van der Waals surface area contributed by atoms with Gasteiger partial charge in [-0.3, -0.25) is 9.69 Å². The van der Waals surface area contributed by atoms with Gasteiger partial charge in [-0.2, -0.15) is 0 Å². The standard InChI is InChI=1S/C24H31N3O6S/c1-17-21(18(2)33-25-17)15-32-22-6-4-19(14-23(22)31-3)5-7-24(28)27-11-9-26(10-12-27)20-8-13-34(29,30)16-20/h4-7,14,20H,8-13,15-16H2,1-3H3/b7-5+/t20-/m0/s1. The summed E-state index contributed by atoms with van der Waals surface area (Å²) in [6.45, 7) is 6.63. The molecule has 10 heteroatoms. The van der Waals surface area contributed by atoms with Crippen molar-refractivity contribution >= 4 is 21.8 Å². The second kappa shape index (κ2) is 10.2. The maximum atomic E-state index is 12.7. The molecule has 0 bridgehead atoms. The Bertz CT molecular complexity index is 1150. The summed E-state index contributed by atoms with van der Waals surface area (Å²) in [6, 6.07) is 5.59. The Balaban J connectivity index is 1.32. The highest BCUT2D eigenvalue weighted by Crippen LogP contribution is 2.30. The molecule has 34 heavy (non-hydrogen) atoms. The first kappa shape index (κ1) is 24.3. The fourth-order valence-electron chi connectivity index (χ4n) is 4.41. The van der Waals surface area contributed by atoms with Gasteiger partial charge in [0.25, 0.3) is 0 Å². The van der Waals surface area contributed by atoms with E-state index in [1.807, 2.05) is 32.0 Å². The van der Waals surface area contributed by atoms with E-state index in [0.29, 0.717) is 50.7 Å². The Hall–Kier alpha value is -2.85. The lowest BCUT2D eigenvalue weighted by molar-refractivity contribution is -0.127. The Kier molecular flexibility index (Phi) is 7.27. The van der Waals surface area contributed by atoms with Crippen molar-refractivity contribution in [1.29, 1.82) is 0 Å². The number of amides is 1. The van der Waals surface area contributed by atoms with Crippen LogP contribution in [-0.4, -0.2) is 80.1 Å². The maximum Gasteiger partial charge on any atom is 0.246 e. The average molecular weight is 490 g/mol. The Morgan fingerprint density at radius 2 is 1.97 bits per heavy atom. The minimum atomic E-state index is -2.90. The zero-order chi connectivity index (χ0) is 24.3. The smallest absolute Gasteiger partial charge is 0.246 e. The molecule has 2 aliphatic rings. The fraction of sp³-hybridized carbons (Fsp3) is 0.500. The first-order valence-electron chi connectivity index (χ1n) is 11.4. The lowest BCUT2D eigenvalue weighted by Gasteiger charge is -2.37. The lowest BCUT2D eigenvalue weighted by Crippen LogP contribution is -2.52. The normalized spacial score (nSPS) is 20.7. The molecule has 0 saturated carbocycles. The van der Waals surface area contributed by atoms with Gasteiger partial charge in [0.05, 0.1) is 29.9 Å². The van der Waals surface area contributed by atoms with Gasteiger partial charge in [-0.25, -0.2) is 8.42 Å². The van der Waals surface area contributed by atoms with Crippen LogP contribution < -0.4 is 9.47 Å². The summed E-state index contributed by atoms with van der Waals surface area (Å²) in [6.07, 6.45) is 4.02. The molecule has 9 nitrogen and oxygen atoms in total. The summed E-state index contributed by atoms with van der Waals surface area (Å²) in [5, 5.41) is 3.94. The molecule has 1 aromatic heterocycles. The van der Waals surface area contributed by atoms with Crippen molar-refractivity contribution in [3.05, 3.63) is 46.9 Å². The third-order valence-corrected chi connectivity index (χ3v) is 8.26. The molecule has 0 unspecified atom stereocenters. The van der Waals surface area contributed by atoms with Crippen LogP contribution in [0, 0.1) is 13.8 Å². The topological polar surface area (TPSA) is 102 Å². The zero-order valence-corrected chi connectivity index (χ0v) is 20.6. The van der Waals surface area contributed by atoms with E-state index < -0.39 is 9.84 Å². The summed E-state index contributed by atoms with van der Waals surface area (Å²) in [5.41, 5.74) is 2.53. The van der Waals surface area contributed by atoms with Gasteiger partial charge < -0.3 is 18.9 Å². The largest absolute Gasteiger partial charge is 0.493 e. The maximum absolute atomic E-state index is 12.7. The van der Waals surface area contributed by atoms with E-state index in [9.17, 15) is 13.2 Å². The first-order valence-corrected chi connectivity index (χ1v) is 13.2. The Labute approximate surface area is 200 Å². The number of aromatic nitrogens is 1. The third kappa shape index (κ3) is 5.61. The van der Waals surface area contributed by atoms with E-state index in [-0.39, 0.29) is 23.5 Å². The molecule has 2 fully saturated rings. The molecule has 3 heterocycles. The Morgan fingerprint density at radius 3 is 2.59 bits per heavy atom. The van der Waals surface area contributed by atoms with E-state index in [1.54, 1.807) is 24.2 Å². The highest BCUT2D eigenvalue weighted by atomic mass is 32.2. The number of carbonyl (C=O) groups is 1. The van der Waals surface area contributed by atoms with Crippen molar-refractivity contribution in [1.82, 2.24) is 15.0 Å². The van der Waals surface area contributed by atoms with E-state index >= 15 is 0 Å². The van der Waals surface area contributed by atoms with Crippen LogP contribution in [0.15, 0.2) is 28.8 Å². The lowest BCUT2D eigenvalue weighted by atomic mass is 10.1. The second-order valence-corrected chi connectivity index (χ2v) is 11.0. The number of hydrogen-bond donors (Lipinski definition) is 0. The number of rotatable bonds is 7. The van der Waals surface area contributed by atoms with Gasteiger partial charge >= 0.3 is 0 Å². The first-order chi connectivity index (χ1) is 16.3. The number of sulfone groups is 1. The number of benzene rings is 1. The summed E-state index contributed by atoms with van der Waals surface area (Å²) in [7, 11) is -1.33. The second-order valence-electron chi connectivity index (χ2n) is 8.75. The summed E-state index contributed by atoms with van der Waals surface area (Å²) >= 11 is 0. The number of ether oxygens (including phenoxy) is 2. The molecule has 4 rings (SSSR count). The molecule has 2 aliphatic heterocycles. The van der Waals surface area contributed by atoms with E-state index in [1.165, 1.54) is 0 Å². The van der Waals surface area contributed by atoms with Crippen molar-refractivity contribution in [2.45, 2.75) is 32.9 Å². The van der Waals surface area contributed by atoms with Crippen molar-refractivity contribution in [3.8, 4) is 11.5 Å². The summed E-state index contributed by atoms with van der Waals surface area (Å²) < 4.78 is 40.0. The van der Waals surface area contributed by atoms with Crippen LogP contribution in [0.3, 0.4) is 0 Å².